The molecule has 1 aliphatic heterocycles. The highest BCUT2D eigenvalue weighted by atomic mass is 35.5. The maximum atomic E-state index is 12.2. The molecule has 0 spiro atoms. The van der Waals surface area contributed by atoms with E-state index in [1.54, 1.807) is 13.3 Å². The van der Waals surface area contributed by atoms with Crippen molar-refractivity contribution >= 4 is 40.2 Å². The standard InChI is InChI=1S/C21H19ClN2O2S/c1-13-5-3-4-6-15(13)11-26-19-10-20(27-21(19)14(2)25)24-12-23-17-8-7-16(22)9-18(17)24/h3-9,12,20H,10-11H2,1-2H3. The number of aromatic nitrogens is 2. The number of hydrogen-bond donors (Lipinski definition) is 0. The third kappa shape index (κ3) is 3.62. The molecule has 0 saturated heterocycles. The highest BCUT2D eigenvalue weighted by Gasteiger charge is 2.31. The van der Waals surface area contributed by atoms with Crippen LogP contribution in [-0.4, -0.2) is 15.3 Å². The third-order valence-electron chi connectivity index (χ3n) is 4.70. The van der Waals surface area contributed by atoms with E-state index in [0.29, 0.717) is 23.0 Å². The number of nitrogens with zero attached hydrogens (tertiary/aromatic N) is 2. The van der Waals surface area contributed by atoms with Crippen LogP contribution in [0.1, 0.15) is 29.8 Å². The van der Waals surface area contributed by atoms with Crippen LogP contribution < -0.4 is 0 Å². The molecule has 0 N–H and O–H groups in total. The number of Topliss-reactive ketones (excluding diaryl/α,β-unsaturated/α-hetero) is 1. The average Bonchev–Trinajstić information content (AvgIpc) is 3.24. The van der Waals surface area contributed by atoms with Crippen LogP contribution in [0.15, 0.2) is 59.5 Å². The zero-order valence-electron chi connectivity index (χ0n) is 15.1. The minimum atomic E-state index is 0.0271. The van der Waals surface area contributed by atoms with E-state index in [1.807, 2.05) is 36.4 Å². The number of imidazole rings is 1. The Balaban J connectivity index is 1.58. The van der Waals surface area contributed by atoms with Gasteiger partial charge in [0.15, 0.2) is 5.78 Å². The lowest BCUT2D eigenvalue weighted by Gasteiger charge is -2.13. The Morgan fingerprint density at radius 3 is 2.93 bits per heavy atom. The molecule has 27 heavy (non-hydrogen) atoms. The minimum Gasteiger partial charge on any atom is -0.492 e. The van der Waals surface area contributed by atoms with Crippen LogP contribution in [0, 0.1) is 6.92 Å². The normalized spacial score (nSPS) is 16.9. The van der Waals surface area contributed by atoms with Gasteiger partial charge in [0, 0.05) is 11.4 Å². The van der Waals surface area contributed by atoms with Gasteiger partial charge in [-0.15, -0.1) is 0 Å². The number of ketones is 1. The molecule has 0 bridgehead atoms. The van der Waals surface area contributed by atoms with Gasteiger partial charge in [0.25, 0.3) is 0 Å². The van der Waals surface area contributed by atoms with E-state index in [2.05, 4.69) is 22.5 Å². The van der Waals surface area contributed by atoms with E-state index in [4.69, 9.17) is 16.3 Å². The number of halogens is 1. The first-order valence-corrected chi connectivity index (χ1v) is 9.99. The van der Waals surface area contributed by atoms with Gasteiger partial charge < -0.3 is 9.30 Å². The lowest BCUT2D eigenvalue weighted by atomic mass is 10.1. The van der Waals surface area contributed by atoms with Crippen molar-refractivity contribution < 1.29 is 9.53 Å². The van der Waals surface area contributed by atoms with Crippen molar-refractivity contribution in [3.63, 3.8) is 0 Å². The van der Waals surface area contributed by atoms with Gasteiger partial charge in [-0.1, -0.05) is 47.6 Å². The molecule has 6 heteroatoms. The largest absolute Gasteiger partial charge is 0.492 e. The van der Waals surface area contributed by atoms with Gasteiger partial charge in [0.1, 0.15) is 12.4 Å². The zero-order valence-corrected chi connectivity index (χ0v) is 16.7. The molecule has 0 radical (unpaired) electrons. The fourth-order valence-electron chi connectivity index (χ4n) is 3.22. The highest BCUT2D eigenvalue weighted by Crippen LogP contribution is 2.46. The van der Waals surface area contributed by atoms with Crippen molar-refractivity contribution in [1.29, 1.82) is 0 Å². The molecule has 0 fully saturated rings. The molecule has 0 saturated carbocycles. The summed E-state index contributed by atoms with van der Waals surface area (Å²) in [6, 6.07) is 13.8. The third-order valence-corrected chi connectivity index (χ3v) is 6.35. The summed E-state index contributed by atoms with van der Waals surface area (Å²) in [5, 5.41) is 0.697. The number of fused-ring (bicyclic) bond motifs is 1. The number of rotatable bonds is 5. The van der Waals surface area contributed by atoms with Crippen molar-refractivity contribution in [1.82, 2.24) is 9.55 Å². The number of aryl methyl sites for hydroxylation is 1. The Morgan fingerprint density at radius 2 is 2.15 bits per heavy atom. The topological polar surface area (TPSA) is 44.1 Å². The van der Waals surface area contributed by atoms with E-state index in [1.165, 1.54) is 17.3 Å². The molecule has 1 aromatic heterocycles. The molecule has 1 atom stereocenters. The molecule has 2 aromatic carbocycles. The van der Waals surface area contributed by atoms with Gasteiger partial charge in [-0.05, 0) is 43.2 Å². The molecule has 2 heterocycles. The molecule has 0 aliphatic carbocycles. The predicted octanol–water partition coefficient (Wildman–Crippen LogP) is 5.65. The SMILES string of the molecule is CC(=O)C1=C(OCc2ccccc2C)CC(n2cnc3ccc(Cl)cc32)S1. The zero-order chi connectivity index (χ0) is 19.0. The Kier molecular flexibility index (Phi) is 4.98. The smallest absolute Gasteiger partial charge is 0.169 e. The van der Waals surface area contributed by atoms with Crippen molar-refractivity contribution in [2.24, 2.45) is 0 Å². The molecule has 1 aliphatic rings. The van der Waals surface area contributed by atoms with Crippen molar-refractivity contribution in [3.8, 4) is 0 Å². The maximum absolute atomic E-state index is 12.2. The number of ether oxygens (including phenoxy) is 1. The summed E-state index contributed by atoms with van der Waals surface area (Å²) >= 11 is 7.69. The minimum absolute atomic E-state index is 0.0271. The second kappa shape index (κ2) is 7.41. The van der Waals surface area contributed by atoms with Crippen LogP contribution in [0.2, 0.25) is 5.02 Å². The van der Waals surface area contributed by atoms with Crippen LogP contribution in [0.25, 0.3) is 11.0 Å². The maximum Gasteiger partial charge on any atom is 0.169 e. The predicted molar refractivity (Wildman–Crippen MR) is 110 cm³/mol. The van der Waals surface area contributed by atoms with Crippen molar-refractivity contribution in [2.45, 2.75) is 32.2 Å². The lowest BCUT2D eigenvalue weighted by Crippen LogP contribution is -2.02. The first kappa shape index (κ1) is 18.1. The highest BCUT2D eigenvalue weighted by molar-refractivity contribution is 8.04. The molecular formula is C21H19ClN2O2S. The second-order valence-electron chi connectivity index (χ2n) is 6.59. The first-order valence-electron chi connectivity index (χ1n) is 8.73. The van der Waals surface area contributed by atoms with Gasteiger partial charge in [-0.3, -0.25) is 4.79 Å². The number of carbonyl (C=O) groups excluding carboxylic acids is 1. The van der Waals surface area contributed by atoms with Gasteiger partial charge in [0.05, 0.1) is 27.6 Å². The van der Waals surface area contributed by atoms with Gasteiger partial charge in [-0.2, -0.15) is 0 Å². The Hall–Kier alpha value is -2.24. The molecule has 138 valence electrons. The van der Waals surface area contributed by atoms with Gasteiger partial charge in [0.2, 0.25) is 0 Å². The van der Waals surface area contributed by atoms with Gasteiger partial charge >= 0.3 is 0 Å². The van der Waals surface area contributed by atoms with E-state index in [0.717, 1.165) is 22.4 Å². The van der Waals surface area contributed by atoms with Crippen LogP contribution >= 0.6 is 23.4 Å². The summed E-state index contributed by atoms with van der Waals surface area (Å²) in [6.07, 6.45) is 2.45. The van der Waals surface area contributed by atoms with Crippen LogP contribution in [0.4, 0.5) is 0 Å². The average molecular weight is 399 g/mol. The summed E-state index contributed by atoms with van der Waals surface area (Å²) in [6.45, 7) is 4.11. The molecule has 4 nitrogen and oxygen atoms in total. The van der Waals surface area contributed by atoms with Crippen LogP contribution in [-0.2, 0) is 16.1 Å². The first-order chi connectivity index (χ1) is 13.0. The number of thioether (sulfide) groups is 1. The summed E-state index contributed by atoms with van der Waals surface area (Å²) in [7, 11) is 0. The molecule has 4 rings (SSSR count). The van der Waals surface area contributed by atoms with Crippen molar-refractivity contribution in [3.05, 3.63) is 75.6 Å². The fraction of sp³-hybridized carbons (Fsp3) is 0.238. The van der Waals surface area contributed by atoms with Crippen LogP contribution in [0.5, 0.6) is 0 Å². The molecular weight excluding hydrogens is 380 g/mol. The quantitative estimate of drug-likeness (QED) is 0.557. The Bertz CT molecular complexity index is 1060. The number of carbonyl (C=O) groups is 1. The fourth-order valence-corrected chi connectivity index (χ4v) is 4.61. The summed E-state index contributed by atoms with van der Waals surface area (Å²) in [5.41, 5.74) is 4.16. The number of benzene rings is 2. The summed E-state index contributed by atoms with van der Waals surface area (Å²) in [5.74, 6) is 0.786. The van der Waals surface area contributed by atoms with Crippen LogP contribution in [0.3, 0.4) is 0 Å². The lowest BCUT2D eigenvalue weighted by molar-refractivity contribution is -0.113. The van der Waals surface area contributed by atoms with Gasteiger partial charge in [-0.25, -0.2) is 4.98 Å². The monoisotopic (exact) mass is 398 g/mol. The second-order valence-corrected chi connectivity index (χ2v) is 8.21. The summed E-state index contributed by atoms with van der Waals surface area (Å²) in [4.78, 5) is 17.3. The Morgan fingerprint density at radius 1 is 1.33 bits per heavy atom. The van der Waals surface area contributed by atoms with E-state index >= 15 is 0 Å². The molecule has 0 amide bonds. The van der Waals surface area contributed by atoms with E-state index in [9.17, 15) is 4.79 Å². The Labute approximate surface area is 167 Å². The van der Waals surface area contributed by atoms with E-state index < -0.39 is 0 Å². The van der Waals surface area contributed by atoms with Crippen molar-refractivity contribution in [2.75, 3.05) is 0 Å². The molecule has 3 aromatic rings. The number of allylic oxidation sites excluding steroid dienone is 2. The number of hydrogen-bond acceptors (Lipinski definition) is 4. The van der Waals surface area contributed by atoms with E-state index in [-0.39, 0.29) is 11.2 Å². The molecule has 1 unspecified atom stereocenters. The summed E-state index contributed by atoms with van der Waals surface area (Å²) < 4.78 is 8.15.